The van der Waals surface area contributed by atoms with E-state index >= 15 is 0 Å². The topological polar surface area (TPSA) is 96.9 Å². The van der Waals surface area contributed by atoms with Crippen LogP contribution in [0.4, 0.5) is 5.69 Å². The molecule has 0 spiro atoms. The van der Waals surface area contributed by atoms with Crippen molar-refractivity contribution in [2.24, 2.45) is 0 Å². The minimum absolute atomic E-state index is 0.0515. The van der Waals surface area contributed by atoms with Crippen molar-refractivity contribution in [1.29, 1.82) is 0 Å². The lowest BCUT2D eigenvalue weighted by atomic mass is 9.87. The van der Waals surface area contributed by atoms with Gasteiger partial charge in [-0.25, -0.2) is 4.79 Å². The summed E-state index contributed by atoms with van der Waals surface area (Å²) in [6, 6.07) is 44.4. The molecule has 0 heterocycles. The number of halogens is 1. The van der Waals surface area contributed by atoms with Crippen LogP contribution < -0.4 is 20.1 Å². The molecule has 6 aromatic rings. The number of anilines is 1. The third kappa shape index (κ3) is 9.84. The summed E-state index contributed by atoms with van der Waals surface area (Å²) in [6.07, 6.45) is 0.0819. The number of hydrogen-bond acceptors (Lipinski definition) is 5. The van der Waals surface area contributed by atoms with E-state index in [0.29, 0.717) is 28.8 Å². The van der Waals surface area contributed by atoms with Gasteiger partial charge < -0.3 is 25.2 Å². The van der Waals surface area contributed by atoms with Gasteiger partial charge in [0.15, 0.2) is 0 Å². The largest absolute Gasteiger partial charge is 0.480 e. The molecule has 0 unspecified atom stereocenters. The van der Waals surface area contributed by atoms with E-state index in [1.807, 2.05) is 115 Å². The quantitative estimate of drug-likeness (QED) is 0.110. The number of carboxylic acids is 1. The molecular weight excluding hydrogens is 684 g/mol. The molecule has 0 aromatic heterocycles. The molecule has 0 bridgehead atoms. The number of aliphatic carboxylic acids is 1. The van der Waals surface area contributed by atoms with E-state index in [2.05, 4.69) is 43.5 Å². The van der Waals surface area contributed by atoms with Crippen molar-refractivity contribution in [3.05, 3.63) is 173 Å². The first kappa shape index (κ1) is 36.7. The molecule has 0 saturated heterocycles. The lowest BCUT2D eigenvalue weighted by Crippen LogP contribution is -2.42. The number of rotatable bonds is 13. The Kier molecular flexibility index (Phi) is 11.5. The highest BCUT2D eigenvalue weighted by Crippen LogP contribution is 2.34. The molecule has 268 valence electrons. The van der Waals surface area contributed by atoms with Gasteiger partial charge in [0, 0.05) is 29.2 Å². The van der Waals surface area contributed by atoms with Crippen molar-refractivity contribution in [1.82, 2.24) is 5.32 Å². The second-order valence-corrected chi connectivity index (χ2v) is 14.2. The summed E-state index contributed by atoms with van der Waals surface area (Å²) in [7, 11) is 0. The standard InChI is InChI=1S/C45H41ClN2O5/c1-45(2,3)33-20-23-36(24-21-33)52-37-13-9-10-31(26-37)29-47-40-25-22-34(46)28-39(40)43(49)48-41(44(50)51)27-30-16-18-32(19-17-30)38-14-7-8-15-42(38)53-35-11-5-4-6-12-35/h4-26,28,41,47H,27,29H2,1-3H3,(H,48,49)(H,50,51)/t41-/m0/s1. The van der Waals surface area contributed by atoms with Crippen molar-refractivity contribution in [3.63, 3.8) is 0 Å². The summed E-state index contributed by atoms with van der Waals surface area (Å²) < 4.78 is 12.2. The van der Waals surface area contributed by atoms with Crippen molar-refractivity contribution in [3.8, 4) is 34.1 Å². The third-order valence-electron chi connectivity index (χ3n) is 8.73. The van der Waals surface area contributed by atoms with Crippen LogP contribution >= 0.6 is 11.6 Å². The normalized spacial score (nSPS) is 11.7. The van der Waals surface area contributed by atoms with Crippen LogP contribution in [0.3, 0.4) is 0 Å². The Morgan fingerprint density at radius 3 is 2.09 bits per heavy atom. The van der Waals surface area contributed by atoms with Crippen molar-refractivity contribution < 1.29 is 24.2 Å². The summed E-state index contributed by atoms with van der Waals surface area (Å²) >= 11 is 6.31. The molecule has 6 rings (SSSR count). The first-order valence-electron chi connectivity index (χ1n) is 17.4. The zero-order valence-electron chi connectivity index (χ0n) is 29.8. The number of ether oxygens (including phenoxy) is 2. The highest BCUT2D eigenvalue weighted by atomic mass is 35.5. The molecule has 3 N–H and O–H groups in total. The smallest absolute Gasteiger partial charge is 0.326 e. The van der Waals surface area contributed by atoms with Crippen LogP contribution in [0, 0.1) is 0 Å². The Morgan fingerprint density at radius 2 is 1.38 bits per heavy atom. The predicted molar refractivity (Wildman–Crippen MR) is 211 cm³/mol. The van der Waals surface area contributed by atoms with Gasteiger partial charge in [0.05, 0.1) is 5.56 Å². The Bertz CT molecular complexity index is 2180. The molecule has 7 nitrogen and oxygen atoms in total. The second-order valence-electron chi connectivity index (χ2n) is 13.7. The van der Waals surface area contributed by atoms with Gasteiger partial charge >= 0.3 is 5.97 Å². The summed E-state index contributed by atoms with van der Waals surface area (Å²) in [5, 5.41) is 16.5. The zero-order valence-corrected chi connectivity index (χ0v) is 30.6. The number of nitrogens with one attached hydrogen (secondary N) is 2. The van der Waals surface area contributed by atoms with Crippen LogP contribution in [0.1, 0.15) is 47.8 Å². The number of carbonyl (C=O) groups is 2. The van der Waals surface area contributed by atoms with E-state index in [4.69, 9.17) is 21.1 Å². The van der Waals surface area contributed by atoms with Crippen LogP contribution in [0.25, 0.3) is 11.1 Å². The average molecular weight is 725 g/mol. The molecule has 0 fully saturated rings. The maximum absolute atomic E-state index is 13.6. The number of carbonyl (C=O) groups excluding carboxylic acids is 1. The predicted octanol–water partition coefficient (Wildman–Crippen LogP) is 10.9. The van der Waals surface area contributed by atoms with E-state index in [0.717, 1.165) is 33.8 Å². The van der Waals surface area contributed by atoms with Gasteiger partial charge in [0.1, 0.15) is 29.0 Å². The number of para-hydroxylation sites is 2. The monoisotopic (exact) mass is 724 g/mol. The van der Waals surface area contributed by atoms with E-state index in [-0.39, 0.29) is 17.4 Å². The van der Waals surface area contributed by atoms with Crippen molar-refractivity contribution >= 4 is 29.2 Å². The molecule has 0 aliphatic rings. The Morgan fingerprint density at radius 1 is 0.698 bits per heavy atom. The van der Waals surface area contributed by atoms with Gasteiger partial charge in [0.25, 0.3) is 5.91 Å². The molecule has 53 heavy (non-hydrogen) atoms. The van der Waals surface area contributed by atoms with E-state index in [9.17, 15) is 14.7 Å². The maximum atomic E-state index is 13.6. The van der Waals surface area contributed by atoms with Gasteiger partial charge in [-0.3, -0.25) is 4.79 Å². The lowest BCUT2D eigenvalue weighted by molar-refractivity contribution is -0.139. The lowest BCUT2D eigenvalue weighted by Gasteiger charge is -2.19. The van der Waals surface area contributed by atoms with Crippen LogP contribution in [0.2, 0.25) is 5.02 Å². The molecule has 0 aliphatic carbocycles. The number of amides is 1. The summed E-state index contributed by atoms with van der Waals surface area (Å²) in [6.45, 7) is 6.90. The van der Waals surface area contributed by atoms with Crippen molar-refractivity contribution in [2.75, 3.05) is 5.32 Å². The molecular formula is C45H41ClN2O5. The zero-order chi connectivity index (χ0) is 37.4. The van der Waals surface area contributed by atoms with Crippen LogP contribution in [0.15, 0.2) is 146 Å². The maximum Gasteiger partial charge on any atom is 0.326 e. The van der Waals surface area contributed by atoms with E-state index < -0.39 is 17.9 Å². The summed E-state index contributed by atoms with van der Waals surface area (Å²) in [5.41, 5.74) is 5.52. The number of carboxylic acid groups (broad SMARTS) is 1. The van der Waals surface area contributed by atoms with E-state index in [1.54, 1.807) is 12.1 Å². The molecule has 1 atom stereocenters. The summed E-state index contributed by atoms with van der Waals surface area (Å²) in [4.78, 5) is 26.0. The molecule has 1 amide bonds. The average Bonchev–Trinajstić information content (AvgIpc) is 3.15. The van der Waals surface area contributed by atoms with Gasteiger partial charge in [-0.15, -0.1) is 0 Å². The fraction of sp³-hybridized carbons (Fsp3) is 0.156. The van der Waals surface area contributed by atoms with Crippen LogP contribution in [-0.4, -0.2) is 23.0 Å². The molecule has 0 radical (unpaired) electrons. The van der Waals surface area contributed by atoms with Crippen LogP contribution in [-0.2, 0) is 23.2 Å². The Hall–Kier alpha value is -6.05. The minimum atomic E-state index is -1.18. The number of benzene rings is 6. The SMILES string of the molecule is CC(C)(C)c1ccc(Oc2cccc(CNc3ccc(Cl)cc3C(=O)N[C@@H](Cc3ccc(-c4ccccc4Oc4ccccc4)cc3)C(=O)O)c2)cc1. The van der Waals surface area contributed by atoms with Gasteiger partial charge in [-0.1, -0.05) is 117 Å². The molecule has 0 aliphatic heterocycles. The fourth-order valence-corrected chi connectivity index (χ4v) is 6.01. The Labute approximate surface area is 315 Å². The highest BCUT2D eigenvalue weighted by Gasteiger charge is 2.23. The molecule has 8 heteroatoms. The Balaban J connectivity index is 1.11. The first-order valence-corrected chi connectivity index (χ1v) is 17.8. The molecule has 0 saturated carbocycles. The third-order valence-corrected chi connectivity index (χ3v) is 8.97. The minimum Gasteiger partial charge on any atom is -0.480 e. The highest BCUT2D eigenvalue weighted by molar-refractivity contribution is 6.31. The fourth-order valence-electron chi connectivity index (χ4n) is 5.84. The van der Waals surface area contributed by atoms with Crippen molar-refractivity contribution in [2.45, 2.75) is 45.2 Å². The van der Waals surface area contributed by atoms with Gasteiger partial charge in [-0.2, -0.15) is 0 Å². The second kappa shape index (κ2) is 16.5. The van der Waals surface area contributed by atoms with Crippen LogP contribution in [0.5, 0.6) is 23.0 Å². The summed E-state index contributed by atoms with van der Waals surface area (Å²) in [5.74, 6) is 1.15. The first-order chi connectivity index (χ1) is 25.5. The van der Waals surface area contributed by atoms with E-state index in [1.165, 1.54) is 11.6 Å². The molecule has 6 aromatic carbocycles. The van der Waals surface area contributed by atoms with Gasteiger partial charge in [0.2, 0.25) is 0 Å². The van der Waals surface area contributed by atoms with Gasteiger partial charge in [-0.05, 0) is 88.3 Å². The number of hydrogen-bond donors (Lipinski definition) is 3.